The molecule has 0 aromatic carbocycles. The summed E-state index contributed by atoms with van der Waals surface area (Å²) in [7, 11) is 0. The van der Waals surface area contributed by atoms with Gasteiger partial charge in [-0.05, 0) is 26.2 Å². The summed E-state index contributed by atoms with van der Waals surface area (Å²) in [5.41, 5.74) is 0. The highest BCUT2D eigenvalue weighted by molar-refractivity contribution is 5.85. The van der Waals surface area contributed by atoms with Gasteiger partial charge in [0.1, 0.15) is 0 Å². The Kier molecular flexibility index (Phi) is 4.80. The van der Waals surface area contributed by atoms with Gasteiger partial charge in [-0.25, -0.2) is 0 Å². The molecule has 1 aliphatic heterocycles. The van der Waals surface area contributed by atoms with Crippen LogP contribution in [-0.4, -0.2) is 48.2 Å². The summed E-state index contributed by atoms with van der Waals surface area (Å²) in [4.78, 5) is 25.5. The minimum Gasteiger partial charge on any atom is -0.481 e. The Morgan fingerprint density at radius 3 is 2.58 bits per heavy atom. The van der Waals surface area contributed by atoms with Gasteiger partial charge in [0.25, 0.3) is 0 Å². The molecule has 0 spiro atoms. The maximum Gasteiger partial charge on any atom is 0.307 e. The van der Waals surface area contributed by atoms with E-state index in [1.54, 1.807) is 0 Å². The number of hydrogen-bond donors (Lipinski definition) is 1. The van der Waals surface area contributed by atoms with Crippen molar-refractivity contribution in [3.63, 3.8) is 0 Å². The van der Waals surface area contributed by atoms with Gasteiger partial charge in [0.2, 0.25) is 5.91 Å². The molecule has 0 aromatic heterocycles. The lowest BCUT2D eigenvalue weighted by molar-refractivity contribution is -0.149. The van der Waals surface area contributed by atoms with Crippen LogP contribution in [0.1, 0.15) is 32.6 Å². The van der Waals surface area contributed by atoms with Gasteiger partial charge >= 0.3 is 5.97 Å². The summed E-state index contributed by atoms with van der Waals surface area (Å²) in [6.45, 7) is 4.81. The van der Waals surface area contributed by atoms with Gasteiger partial charge in [-0.15, -0.1) is 0 Å². The molecular formula is C14H23NO4. The van der Waals surface area contributed by atoms with E-state index in [-0.39, 0.29) is 11.8 Å². The Morgan fingerprint density at radius 2 is 2.00 bits per heavy atom. The van der Waals surface area contributed by atoms with Gasteiger partial charge in [0.05, 0.1) is 18.4 Å². The normalized spacial score (nSPS) is 30.5. The molecule has 0 bridgehead atoms. The molecule has 1 heterocycles. The van der Waals surface area contributed by atoms with E-state index in [2.05, 4.69) is 0 Å². The van der Waals surface area contributed by atoms with Crippen LogP contribution in [-0.2, 0) is 14.3 Å². The molecule has 2 aliphatic rings. The summed E-state index contributed by atoms with van der Waals surface area (Å²) in [6, 6.07) is 0. The van der Waals surface area contributed by atoms with Gasteiger partial charge in [0, 0.05) is 25.6 Å². The molecule has 3 unspecified atom stereocenters. The van der Waals surface area contributed by atoms with Gasteiger partial charge in [-0.3, -0.25) is 9.59 Å². The van der Waals surface area contributed by atoms with Gasteiger partial charge in [-0.1, -0.05) is 6.42 Å². The highest BCUT2D eigenvalue weighted by atomic mass is 16.5. The highest BCUT2D eigenvalue weighted by Gasteiger charge is 2.39. The van der Waals surface area contributed by atoms with Gasteiger partial charge in [0.15, 0.2) is 0 Å². The number of ether oxygens (including phenoxy) is 1. The van der Waals surface area contributed by atoms with E-state index in [9.17, 15) is 14.7 Å². The number of amides is 1. The zero-order valence-electron chi connectivity index (χ0n) is 11.5. The number of carboxylic acid groups (broad SMARTS) is 1. The fourth-order valence-electron chi connectivity index (χ4n) is 3.20. The molecule has 5 heteroatoms. The zero-order chi connectivity index (χ0) is 13.8. The number of carboxylic acids is 1. The van der Waals surface area contributed by atoms with Crippen LogP contribution in [0.15, 0.2) is 0 Å². The number of carbonyl (C=O) groups excluding carboxylic acids is 1. The summed E-state index contributed by atoms with van der Waals surface area (Å²) in [6.07, 6.45) is 3.19. The average molecular weight is 269 g/mol. The first kappa shape index (κ1) is 14.3. The first-order chi connectivity index (χ1) is 9.13. The van der Waals surface area contributed by atoms with E-state index in [0.717, 1.165) is 26.1 Å². The Hall–Kier alpha value is -1.10. The summed E-state index contributed by atoms with van der Waals surface area (Å²) < 4.78 is 5.33. The third-order valence-corrected chi connectivity index (χ3v) is 4.35. The summed E-state index contributed by atoms with van der Waals surface area (Å²) in [5.74, 6) is -1.19. The van der Waals surface area contributed by atoms with Crippen molar-refractivity contribution in [2.24, 2.45) is 17.8 Å². The lowest BCUT2D eigenvalue weighted by Gasteiger charge is -2.28. The number of carbonyl (C=O) groups is 2. The molecule has 1 saturated carbocycles. The van der Waals surface area contributed by atoms with Crippen LogP contribution in [0.5, 0.6) is 0 Å². The van der Waals surface area contributed by atoms with E-state index >= 15 is 0 Å². The van der Waals surface area contributed by atoms with Crippen LogP contribution in [0.25, 0.3) is 0 Å². The van der Waals surface area contributed by atoms with Crippen molar-refractivity contribution in [2.45, 2.75) is 32.6 Å². The number of rotatable bonds is 5. The number of aliphatic carboxylic acids is 1. The van der Waals surface area contributed by atoms with Crippen LogP contribution in [0.2, 0.25) is 0 Å². The van der Waals surface area contributed by atoms with Gasteiger partial charge in [-0.2, -0.15) is 0 Å². The van der Waals surface area contributed by atoms with Crippen molar-refractivity contribution in [1.82, 2.24) is 4.90 Å². The second kappa shape index (κ2) is 6.37. The molecule has 5 nitrogen and oxygen atoms in total. The van der Waals surface area contributed by atoms with Crippen molar-refractivity contribution in [3.8, 4) is 0 Å². The van der Waals surface area contributed by atoms with E-state index in [0.29, 0.717) is 31.8 Å². The molecule has 1 N–H and O–H groups in total. The van der Waals surface area contributed by atoms with E-state index in [1.807, 2.05) is 11.8 Å². The second-order valence-corrected chi connectivity index (χ2v) is 5.59. The Labute approximate surface area is 113 Å². The SMILES string of the molecule is CCN(CC1CCOC1)C(=O)C1CCCC1C(=O)O. The molecule has 3 atom stereocenters. The summed E-state index contributed by atoms with van der Waals surface area (Å²) in [5, 5.41) is 9.18. The van der Waals surface area contributed by atoms with Crippen LogP contribution < -0.4 is 0 Å². The molecule has 19 heavy (non-hydrogen) atoms. The molecule has 1 aliphatic carbocycles. The maximum absolute atomic E-state index is 12.5. The van der Waals surface area contributed by atoms with E-state index < -0.39 is 11.9 Å². The molecule has 0 aromatic rings. The molecular weight excluding hydrogens is 246 g/mol. The topological polar surface area (TPSA) is 66.8 Å². The molecule has 1 amide bonds. The molecule has 2 fully saturated rings. The quantitative estimate of drug-likeness (QED) is 0.818. The predicted octanol–water partition coefficient (Wildman–Crippen LogP) is 1.37. The zero-order valence-corrected chi connectivity index (χ0v) is 11.5. The number of nitrogens with zero attached hydrogens (tertiary/aromatic N) is 1. The van der Waals surface area contributed by atoms with E-state index in [4.69, 9.17) is 4.74 Å². The lowest BCUT2D eigenvalue weighted by atomic mass is 9.94. The fraction of sp³-hybridized carbons (Fsp3) is 0.857. The standard InChI is InChI=1S/C14H23NO4/c1-2-15(8-10-6-7-19-9-10)13(16)11-4-3-5-12(11)14(17)18/h10-12H,2-9H2,1H3,(H,17,18). The minimum atomic E-state index is -0.823. The monoisotopic (exact) mass is 269 g/mol. The second-order valence-electron chi connectivity index (χ2n) is 5.59. The number of hydrogen-bond acceptors (Lipinski definition) is 3. The summed E-state index contributed by atoms with van der Waals surface area (Å²) >= 11 is 0. The largest absolute Gasteiger partial charge is 0.481 e. The average Bonchev–Trinajstić information content (AvgIpc) is 3.05. The Balaban J connectivity index is 1.96. The first-order valence-electron chi connectivity index (χ1n) is 7.22. The van der Waals surface area contributed by atoms with E-state index in [1.165, 1.54) is 0 Å². The van der Waals surface area contributed by atoms with Crippen molar-refractivity contribution >= 4 is 11.9 Å². The minimum absolute atomic E-state index is 0.0271. The Bertz CT molecular complexity index is 338. The van der Waals surface area contributed by atoms with Crippen LogP contribution >= 0.6 is 0 Å². The van der Waals surface area contributed by atoms with Crippen LogP contribution in [0.4, 0.5) is 0 Å². The van der Waals surface area contributed by atoms with Gasteiger partial charge < -0.3 is 14.7 Å². The smallest absolute Gasteiger partial charge is 0.307 e. The third-order valence-electron chi connectivity index (χ3n) is 4.35. The van der Waals surface area contributed by atoms with Crippen LogP contribution in [0, 0.1) is 17.8 Å². The van der Waals surface area contributed by atoms with Crippen molar-refractivity contribution in [2.75, 3.05) is 26.3 Å². The lowest BCUT2D eigenvalue weighted by Crippen LogP contribution is -2.41. The highest BCUT2D eigenvalue weighted by Crippen LogP contribution is 2.33. The van der Waals surface area contributed by atoms with Crippen LogP contribution in [0.3, 0.4) is 0 Å². The third kappa shape index (κ3) is 3.26. The maximum atomic E-state index is 12.5. The van der Waals surface area contributed by atoms with Crippen molar-refractivity contribution < 1.29 is 19.4 Å². The van der Waals surface area contributed by atoms with Crippen molar-refractivity contribution in [3.05, 3.63) is 0 Å². The Morgan fingerprint density at radius 1 is 1.26 bits per heavy atom. The molecule has 1 saturated heterocycles. The first-order valence-corrected chi connectivity index (χ1v) is 7.22. The molecule has 2 rings (SSSR count). The van der Waals surface area contributed by atoms with Crippen molar-refractivity contribution in [1.29, 1.82) is 0 Å². The fourth-order valence-corrected chi connectivity index (χ4v) is 3.20. The molecule has 0 radical (unpaired) electrons. The predicted molar refractivity (Wildman–Crippen MR) is 69.6 cm³/mol. The molecule has 108 valence electrons.